The lowest BCUT2D eigenvalue weighted by atomic mass is 10.1. The van der Waals surface area contributed by atoms with Gasteiger partial charge in [0.25, 0.3) is 0 Å². The number of carbonyl (C=O) groups is 2. The van der Waals surface area contributed by atoms with Crippen LogP contribution in [0.5, 0.6) is 5.75 Å². The molecule has 1 aromatic carbocycles. The molecule has 6 heteroatoms. The van der Waals surface area contributed by atoms with Crippen LogP contribution in [0.4, 0.5) is 5.69 Å². The van der Waals surface area contributed by atoms with Crippen LogP contribution >= 0.6 is 0 Å². The van der Waals surface area contributed by atoms with Gasteiger partial charge in [0.05, 0.1) is 24.4 Å². The van der Waals surface area contributed by atoms with Crippen LogP contribution in [0.25, 0.3) is 0 Å². The molecule has 0 aromatic heterocycles. The minimum absolute atomic E-state index is 0.0352. The van der Waals surface area contributed by atoms with Gasteiger partial charge in [0.2, 0.25) is 11.8 Å². The van der Waals surface area contributed by atoms with E-state index in [0.717, 1.165) is 5.69 Å². The molecular weight excluding hydrogens is 270 g/mol. The number of methoxy groups -OCH3 is 1. The molecule has 112 valence electrons. The molecule has 3 rings (SSSR count). The van der Waals surface area contributed by atoms with Crippen molar-refractivity contribution >= 4 is 17.5 Å². The number of rotatable bonds is 5. The lowest BCUT2D eigenvalue weighted by Crippen LogP contribution is -2.51. The van der Waals surface area contributed by atoms with Gasteiger partial charge in [0.1, 0.15) is 5.75 Å². The van der Waals surface area contributed by atoms with Gasteiger partial charge in [0.15, 0.2) is 0 Å². The van der Waals surface area contributed by atoms with Gasteiger partial charge in [-0.2, -0.15) is 0 Å². The van der Waals surface area contributed by atoms with Crippen LogP contribution in [0.3, 0.4) is 0 Å². The fourth-order valence-electron chi connectivity index (χ4n) is 2.83. The third-order valence-electron chi connectivity index (χ3n) is 4.25. The fraction of sp³-hybridized carbons (Fsp3) is 0.467. The maximum atomic E-state index is 12.6. The summed E-state index contributed by atoms with van der Waals surface area (Å²) in [6.45, 7) is 0.603. The zero-order valence-corrected chi connectivity index (χ0v) is 12.0. The minimum atomic E-state index is -0.670. The second-order valence-corrected chi connectivity index (χ2v) is 5.59. The van der Waals surface area contributed by atoms with Crippen LogP contribution in [0, 0.1) is 0 Å². The van der Waals surface area contributed by atoms with Gasteiger partial charge < -0.3 is 15.4 Å². The summed E-state index contributed by atoms with van der Waals surface area (Å²) in [5.41, 5.74) is 5.49. The first-order valence-corrected chi connectivity index (χ1v) is 7.09. The Morgan fingerprint density at radius 3 is 2.76 bits per heavy atom. The first kappa shape index (κ1) is 13.9. The standard InChI is InChI=1S/C15H19N3O3/c1-21-12-5-3-2-4-11(12)18-9-6-10(13(18)19)17-15(7-8-15)14(16)20/h2-5,10,17H,6-9H2,1H3,(H2,16,20). The zero-order valence-electron chi connectivity index (χ0n) is 12.0. The summed E-state index contributed by atoms with van der Waals surface area (Å²) < 4.78 is 5.30. The predicted molar refractivity (Wildman–Crippen MR) is 78.0 cm³/mol. The first-order chi connectivity index (χ1) is 10.1. The van der Waals surface area contributed by atoms with Crippen molar-refractivity contribution in [1.82, 2.24) is 5.32 Å². The van der Waals surface area contributed by atoms with Gasteiger partial charge in [0, 0.05) is 6.54 Å². The molecule has 1 aromatic rings. The van der Waals surface area contributed by atoms with Crippen molar-refractivity contribution in [1.29, 1.82) is 0 Å². The molecule has 21 heavy (non-hydrogen) atoms. The SMILES string of the molecule is COc1ccccc1N1CCC(NC2(C(N)=O)CC2)C1=O. The van der Waals surface area contributed by atoms with E-state index >= 15 is 0 Å². The minimum Gasteiger partial charge on any atom is -0.495 e. The van der Waals surface area contributed by atoms with Gasteiger partial charge in [-0.05, 0) is 31.4 Å². The number of anilines is 1. The first-order valence-electron chi connectivity index (χ1n) is 7.09. The predicted octanol–water partition coefficient (Wildman–Crippen LogP) is 0.408. The third kappa shape index (κ3) is 2.35. The Kier molecular flexibility index (Phi) is 3.33. The Bertz CT molecular complexity index is 583. The number of primary amides is 1. The summed E-state index contributed by atoms with van der Waals surface area (Å²) in [4.78, 5) is 25.7. The molecule has 0 bridgehead atoms. The highest BCUT2D eigenvalue weighted by Gasteiger charge is 2.51. The third-order valence-corrected chi connectivity index (χ3v) is 4.25. The highest BCUT2D eigenvalue weighted by Crippen LogP contribution is 2.37. The van der Waals surface area contributed by atoms with E-state index in [2.05, 4.69) is 5.32 Å². The summed E-state index contributed by atoms with van der Waals surface area (Å²) in [6.07, 6.45) is 2.08. The molecule has 0 radical (unpaired) electrons. The second kappa shape index (κ2) is 5.04. The molecule has 0 spiro atoms. The summed E-state index contributed by atoms with van der Waals surface area (Å²) in [5.74, 6) is 0.264. The molecule has 1 heterocycles. The molecule has 6 nitrogen and oxygen atoms in total. The average Bonchev–Trinajstić information content (AvgIpc) is 3.19. The Balaban J connectivity index is 1.76. The molecule has 1 unspecified atom stereocenters. The number of ether oxygens (including phenoxy) is 1. The number of hydrogen-bond acceptors (Lipinski definition) is 4. The lowest BCUT2D eigenvalue weighted by molar-refractivity contribution is -0.122. The smallest absolute Gasteiger partial charge is 0.244 e. The van der Waals surface area contributed by atoms with Gasteiger partial charge in [-0.3, -0.25) is 14.9 Å². The van der Waals surface area contributed by atoms with E-state index in [-0.39, 0.29) is 17.9 Å². The maximum Gasteiger partial charge on any atom is 0.244 e. The van der Waals surface area contributed by atoms with E-state index in [1.165, 1.54) is 0 Å². The van der Waals surface area contributed by atoms with Gasteiger partial charge in [-0.25, -0.2) is 0 Å². The van der Waals surface area contributed by atoms with Crippen LogP contribution in [-0.4, -0.2) is 37.0 Å². The van der Waals surface area contributed by atoms with E-state index in [9.17, 15) is 9.59 Å². The van der Waals surface area contributed by atoms with E-state index in [1.807, 2.05) is 24.3 Å². The molecular formula is C15H19N3O3. The van der Waals surface area contributed by atoms with Crippen LogP contribution in [0.2, 0.25) is 0 Å². The lowest BCUT2D eigenvalue weighted by Gasteiger charge is -2.21. The van der Waals surface area contributed by atoms with Crippen molar-refractivity contribution in [3.05, 3.63) is 24.3 Å². The van der Waals surface area contributed by atoms with Crippen molar-refractivity contribution in [3.8, 4) is 5.75 Å². The van der Waals surface area contributed by atoms with Crippen molar-refractivity contribution < 1.29 is 14.3 Å². The van der Waals surface area contributed by atoms with Crippen molar-refractivity contribution in [2.24, 2.45) is 5.73 Å². The normalized spacial score (nSPS) is 23.2. The number of amides is 2. The van der Waals surface area contributed by atoms with Crippen molar-refractivity contribution in [2.45, 2.75) is 30.8 Å². The molecule has 2 amide bonds. The van der Waals surface area contributed by atoms with Crippen molar-refractivity contribution in [3.63, 3.8) is 0 Å². The molecule has 2 fully saturated rings. The fourth-order valence-corrected chi connectivity index (χ4v) is 2.83. The van der Waals surface area contributed by atoms with Crippen LogP contribution in [0.1, 0.15) is 19.3 Å². The molecule has 1 saturated heterocycles. The van der Waals surface area contributed by atoms with E-state index in [0.29, 0.717) is 31.6 Å². The Labute approximate surface area is 123 Å². The number of carbonyl (C=O) groups excluding carboxylic acids is 2. The molecule has 1 saturated carbocycles. The number of benzene rings is 1. The van der Waals surface area contributed by atoms with E-state index in [1.54, 1.807) is 12.0 Å². The molecule has 3 N–H and O–H groups in total. The average molecular weight is 289 g/mol. The maximum absolute atomic E-state index is 12.6. The van der Waals surface area contributed by atoms with Gasteiger partial charge >= 0.3 is 0 Å². The zero-order chi connectivity index (χ0) is 15.0. The summed E-state index contributed by atoms with van der Waals surface area (Å²) >= 11 is 0. The van der Waals surface area contributed by atoms with E-state index in [4.69, 9.17) is 10.5 Å². The topological polar surface area (TPSA) is 84.7 Å². The number of para-hydroxylation sites is 2. The Hall–Kier alpha value is -2.08. The quantitative estimate of drug-likeness (QED) is 0.822. The largest absolute Gasteiger partial charge is 0.495 e. The highest BCUT2D eigenvalue weighted by atomic mass is 16.5. The monoisotopic (exact) mass is 289 g/mol. The number of hydrogen-bond donors (Lipinski definition) is 2. The highest BCUT2D eigenvalue weighted by molar-refractivity contribution is 6.01. The van der Waals surface area contributed by atoms with E-state index < -0.39 is 5.54 Å². The molecule has 1 aliphatic heterocycles. The number of nitrogens with one attached hydrogen (secondary N) is 1. The van der Waals surface area contributed by atoms with Gasteiger partial charge in [-0.15, -0.1) is 0 Å². The summed E-state index contributed by atoms with van der Waals surface area (Å²) in [5, 5.41) is 3.15. The van der Waals surface area contributed by atoms with Crippen LogP contribution < -0.4 is 20.7 Å². The number of nitrogens with two attached hydrogens (primary N) is 1. The van der Waals surface area contributed by atoms with Crippen molar-refractivity contribution in [2.75, 3.05) is 18.6 Å². The summed E-state index contributed by atoms with van der Waals surface area (Å²) in [6, 6.07) is 7.07. The van der Waals surface area contributed by atoms with Crippen LogP contribution in [0.15, 0.2) is 24.3 Å². The van der Waals surface area contributed by atoms with Gasteiger partial charge in [-0.1, -0.05) is 12.1 Å². The van der Waals surface area contributed by atoms with Crippen LogP contribution in [-0.2, 0) is 9.59 Å². The summed E-state index contributed by atoms with van der Waals surface area (Å²) in [7, 11) is 1.58. The number of nitrogens with zero attached hydrogens (tertiary/aromatic N) is 1. The molecule has 1 aliphatic carbocycles. The Morgan fingerprint density at radius 2 is 2.14 bits per heavy atom. The molecule has 1 atom stereocenters. The Morgan fingerprint density at radius 1 is 1.43 bits per heavy atom. The second-order valence-electron chi connectivity index (χ2n) is 5.59. The molecule has 2 aliphatic rings.